The molecule has 3 rings (SSSR count). The van der Waals surface area contributed by atoms with Gasteiger partial charge in [-0.05, 0) is 58.7 Å². The Balaban J connectivity index is 1.58. The van der Waals surface area contributed by atoms with E-state index in [1.54, 1.807) is 18.3 Å². The maximum absolute atomic E-state index is 12.5. The summed E-state index contributed by atoms with van der Waals surface area (Å²) >= 11 is 3.39. The molecule has 3 aromatic rings. The minimum absolute atomic E-state index is 0.0158. The number of hydrogen-bond acceptors (Lipinski definition) is 8. The number of nitrogens with zero attached hydrogens (tertiary/aromatic N) is 2. The molecule has 0 radical (unpaired) electrons. The maximum Gasteiger partial charge on any atom is 0.240 e. The number of aromatic nitrogens is 2. The van der Waals surface area contributed by atoms with E-state index >= 15 is 0 Å². The number of sulfonamides is 1. The topological polar surface area (TPSA) is 125 Å². The molecule has 0 saturated heterocycles. The van der Waals surface area contributed by atoms with Crippen LogP contribution in [-0.4, -0.2) is 49.3 Å². The van der Waals surface area contributed by atoms with Crippen LogP contribution in [0.5, 0.6) is 5.75 Å². The van der Waals surface area contributed by atoms with E-state index in [9.17, 15) is 13.5 Å². The Kier molecular flexibility index (Phi) is 9.01. The second kappa shape index (κ2) is 11.9. The lowest BCUT2D eigenvalue weighted by Gasteiger charge is -2.16. The summed E-state index contributed by atoms with van der Waals surface area (Å²) in [7, 11) is -3.66. The fraction of sp³-hybridized carbons (Fsp3) is 0.273. The molecule has 4 N–H and O–H groups in total. The molecule has 1 atom stereocenters. The van der Waals surface area contributed by atoms with E-state index in [0.717, 1.165) is 6.42 Å². The van der Waals surface area contributed by atoms with Crippen LogP contribution < -0.4 is 20.1 Å². The quantitative estimate of drug-likeness (QED) is 0.259. The molecule has 9 nitrogen and oxygen atoms in total. The molecule has 0 unspecified atom stereocenters. The van der Waals surface area contributed by atoms with Gasteiger partial charge < -0.3 is 20.5 Å². The Labute approximate surface area is 201 Å². The van der Waals surface area contributed by atoms with Crippen molar-refractivity contribution in [2.24, 2.45) is 0 Å². The van der Waals surface area contributed by atoms with E-state index < -0.39 is 10.0 Å². The largest absolute Gasteiger partial charge is 0.492 e. The Bertz CT molecular complexity index is 1130. The second-order valence-corrected chi connectivity index (χ2v) is 9.65. The van der Waals surface area contributed by atoms with Crippen molar-refractivity contribution in [3.63, 3.8) is 0 Å². The predicted molar refractivity (Wildman–Crippen MR) is 131 cm³/mol. The van der Waals surface area contributed by atoms with Gasteiger partial charge in [0.25, 0.3) is 0 Å². The van der Waals surface area contributed by atoms with Crippen LogP contribution in [0.15, 0.2) is 70.2 Å². The smallest absolute Gasteiger partial charge is 0.240 e. The molecule has 1 heterocycles. The van der Waals surface area contributed by atoms with Crippen LogP contribution in [0.3, 0.4) is 0 Å². The van der Waals surface area contributed by atoms with Crippen LogP contribution in [0.2, 0.25) is 0 Å². The average Bonchev–Trinajstić information content (AvgIpc) is 2.83. The molecular weight excluding hydrogens is 510 g/mol. The lowest BCUT2D eigenvalue weighted by Crippen LogP contribution is -2.28. The third-order valence-electron chi connectivity index (χ3n) is 4.62. The molecule has 0 aliphatic rings. The average molecular weight is 536 g/mol. The Hall–Kier alpha value is -2.73. The summed E-state index contributed by atoms with van der Waals surface area (Å²) < 4.78 is 33.7. The van der Waals surface area contributed by atoms with Crippen LogP contribution >= 0.6 is 15.9 Å². The van der Waals surface area contributed by atoms with Crippen molar-refractivity contribution in [2.75, 3.05) is 30.4 Å². The Morgan fingerprint density at radius 3 is 2.52 bits per heavy atom. The molecular formula is C22H26BrN5O4S. The number of aliphatic hydroxyl groups excluding tert-OH is 1. The molecule has 0 aliphatic heterocycles. The summed E-state index contributed by atoms with van der Waals surface area (Å²) in [5, 5.41) is 15.6. The minimum Gasteiger partial charge on any atom is -0.492 e. The molecule has 1 aromatic heterocycles. The Morgan fingerprint density at radius 1 is 1.12 bits per heavy atom. The summed E-state index contributed by atoms with van der Waals surface area (Å²) in [6.45, 7) is 2.31. The molecule has 0 saturated carbocycles. The molecule has 33 heavy (non-hydrogen) atoms. The zero-order valence-electron chi connectivity index (χ0n) is 18.0. The van der Waals surface area contributed by atoms with Crippen molar-refractivity contribution >= 4 is 43.4 Å². The number of ether oxygens (including phenoxy) is 1. The Morgan fingerprint density at radius 2 is 1.85 bits per heavy atom. The first-order valence-electron chi connectivity index (χ1n) is 10.4. The summed E-state index contributed by atoms with van der Waals surface area (Å²) in [6.07, 6.45) is 2.33. The van der Waals surface area contributed by atoms with Crippen molar-refractivity contribution < 1.29 is 18.3 Å². The maximum atomic E-state index is 12.5. The number of aliphatic hydroxyl groups is 1. The van der Waals surface area contributed by atoms with E-state index in [-0.39, 0.29) is 30.7 Å². The van der Waals surface area contributed by atoms with Crippen molar-refractivity contribution in [1.29, 1.82) is 0 Å². The first-order chi connectivity index (χ1) is 15.9. The summed E-state index contributed by atoms with van der Waals surface area (Å²) in [4.78, 5) is 8.78. The normalized spacial score (nSPS) is 12.2. The van der Waals surface area contributed by atoms with Crippen molar-refractivity contribution in [1.82, 2.24) is 14.7 Å². The number of hydrogen-bond donors (Lipinski definition) is 4. The van der Waals surface area contributed by atoms with Gasteiger partial charge in [-0.25, -0.2) is 18.1 Å². The minimum atomic E-state index is -3.66. The molecule has 176 valence electrons. The van der Waals surface area contributed by atoms with Gasteiger partial charge in [-0.1, -0.05) is 25.1 Å². The fourth-order valence-corrected chi connectivity index (χ4v) is 4.11. The summed E-state index contributed by atoms with van der Waals surface area (Å²) in [5.41, 5.74) is 0.629. The molecule has 11 heteroatoms. The summed E-state index contributed by atoms with van der Waals surface area (Å²) in [5.74, 6) is 1.57. The van der Waals surface area contributed by atoms with Crippen LogP contribution in [0.4, 0.5) is 17.5 Å². The van der Waals surface area contributed by atoms with Crippen LogP contribution in [0.25, 0.3) is 0 Å². The zero-order valence-corrected chi connectivity index (χ0v) is 20.4. The molecule has 0 spiro atoms. The van der Waals surface area contributed by atoms with Gasteiger partial charge >= 0.3 is 0 Å². The van der Waals surface area contributed by atoms with E-state index in [1.807, 2.05) is 37.3 Å². The van der Waals surface area contributed by atoms with Crippen molar-refractivity contribution in [3.8, 4) is 5.75 Å². The fourth-order valence-electron chi connectivity index (χ4n) is 2.79. The van der Waals surface area contributed by atoms with Gasteiger partial charge in [0.05, 0.1) is 22.0 Å². The lowest BCUT2D eigenvalue weighted by molar-refractivity contribution is 0.271. The van der Waals surface area contributed by atoms with Gasteiger partial charge in [0, 0.05) is 18.4 Å². The van der Waals surface area contributed by atoms with Crippen molar-refractivity contribution in [3.05, 3.63) is 65.3 Å². The molecule has 0 amide bonds. The third-order valence-corrected chi connectivity index (χ3v) is 6.68. The number of rotatable bonds is 12. The van der Waals surface area contributed by atoms with Crippen LogP contribution in [0.1, 0.15) is 13.3 Å². The highest BCUT2D eigenvalue weighted by Gasteiger charge is 2.14. The number of benzene rings is 2. The molecule has 0 aliphatic carbocycles. The van der Waals surface area contributed by atoms with Crippen molar-refractivity contribution in [2.45, 2.75) is 24.3 Å². The van der Waals surface area contributed by atoms with Crippen LogP contribution in [-0.2, 0) is 10.0 Å². The van der Waals surface area contributed by atoms with E-state index in [0.29, 0.717) is 27.7 Å². The highest BCUT2D eigenvalue weighted by atomic mass is 79.9. The number of anilines is 3. The molecule has 2 aromatic carbocycles. The van der Waals surface area contributed by atoms with Gasteiger partial charge in [-0.3, -0.25) is 0 Å². The first-order valence-corrected chi connectivity index (χ1v) is 12.6. The highest BCUT2D eigenvalue weighted by molar-refractivity contribution is 9.10. The van der Waals surface area contributed by atoms with Gasteiger partial charge in [0.2, 0.25) is 16.0 Å². The third kappa shape index (κ3) is 7.39. The lowest BCUT2D eigenvalue weighted by atomic mass is 10.2. The monoisotopic (exact) mass is 535 g/mol. The SMILES string of the molecule is CC[C@H](CO)Nc1nc(Nc2ccc(S(=O)(=O)NCCOc3ccccc3)cc2)ncc1Br. The van der Waals surface area contributed by atoms with Gasteiger partial charge in [-0.15, -0.1) is 0 Å². The van der Waals surface area contributed by atoms with E-state index in [4.69, 9.17) is 4.74 Å². The van der Waals surface area contributed by atoms with Gasteiger partial charge in [-0.2, -0.15) is 4.98 Å². The number of nitrogens with one attached hydrogen (secondary N) is 3. The van der Waals surface area contributed by atoms with E-state index in [1.165, 1.54) is 12.1 Å². The summed E-state index contributed by atoms with van der Waals surface area (Å²) in [6, 6.07) is 15.3. The number of halogens is 1. The van der Waals surface area contributed by atoms with Gasteiger partial charge in [0.15, 0.2) is 0 Å². The zero-order chi connectivity index (χ0) is 23.7. The first kappa shape index (κ1) is 24.9. The van der Waals surface area contributed by atoms with Gasteiger partial charge in [0.1, 0.15) is 18.2 Å². The molecule has 0 fully saturated rings. The predicted octanol–water partition coefficient (Wildman–Crippen LogP) is 3.52. The van der Waals surface area contributed by atoms with Crippen LogP contribution in [0, 0.1) is 0 Å². The van der Waals surface area contributed by atoms with E-state index in [2.05, 4.69) is 41.3 Å². The standard InChI is InChI=1S/C22H26BrN5O4S/c1-2-16(15-29)26-21-20(23)14-24-22(28-21)27-17-8-10-19(11-9-17)33(30,31)25-12-13-32-18-6-4-3-5-7-18/h3-11,14,16,25,29H,2,12-13,15H2,1H3,(H2,24,26,27,28)/t16-/m1/s1. The molecule has 0 bridgehead atoms. The number of para-hydroxylation sites is 1. The highest BCUT2D eigenvalue weighted by Crippen LogP contribution is 2.23. The second-order valence-electron chi connectivity index (χ2n) is 7.03.